The first-order valence-electron chi connectivity index (χ1n) is 17.0. The van der Waals surface area contributed by atoms with Gasteiger partial charge in [-0.1, -0.05) is 94.8 Å². The predicted molar refractivity (Wildman–Crippen MR) is 196 cm³/mol. The number of nitrogen functional groups attached to an aromatic ring is 1. The second-order valence-corrected chi connectivity index (χ2v) is 12.5. The first kappa shape index (κ1) is 30.5. The number of anilines is 3. The predicted octanol–water partition coefficient (Wildman–Crippen LogP) is 12.0. The third-order valence-corrected chi connectivity index (χ3v) is 9.07. The van der Waals surface area contributed by atoms with Gasteiger partial charge in [0.15, 0.2) is 0 Å². The van der Waals surface area contributed by atoms with Gasteiger partial charge in [-0.15, -0.1) is 0 Å². The summed E-state index contributed by atoms with van der Waals surface area (Å²) >= 11 is 0. The fourth-order valence-electron chi connectivity index (χ4n) is 6.58. The molecule has 1 heterocycles. The van der Waals surface area contributed by atoms with Crippen molar-refractivity contribution < 1.29 is 0 Å². The van der Waals surface area contributed by atoms with Gasteiger partial charge in [-0.25, -0.2) is 0 Å². The highest BCUT2D eigenvalue weighted by molar-refractivity contribution is 6.10. The van der Waals surface area contributed by atoms with Crippen LogP contribution < -0.4 is 11.1 Å². The van der Waals surface area contributed by atoms with Crippen molar-refractivity contribution in [3.8, 4) is 16.8 Å². The van der Waals surface area contributed by atoms with Gasteiger partial charge in [0.1, 0.15) is 0 Å². The van der Waals surface area contributed by atoms with Crippen LogP contribution in [0.5, 0.6) is 0 Å². The summed E-state index contributed by atoms with van der Waals surface area (Å²) in [5.74, 6) is 0. The fraction of sp³-hybridized carbons (Fsp3) is 0.286. The summed E-state index contributed by atoms with van der Waals surface area (Å²) in [6, 6.07) is 39.8. The monoisotopic (exact) mass is 593 g/mol. The quantitative estimate of drug-likeness (QED) is 0.0974. The van der Waals surface area contributed by atoms with Crippen LogP contribution in [0, 0.1) is 0 Å². The molecule has 3 heteroatoms. The number of nitrogens with zero attached hydrogens (tertiary/aromatic N) is 1. The van der Waals surface area contributed by atoms with Gasteiger partial charge in [0.05, 0.1) is 11.0 Å². The summed E-state index contributed by atoms with van der Waals surface area (Å²) in [7, 11) is 0. The number of fused-ring (bicyclic) bond motifs is 3. The van der Waals surface area contributed by atoms with Gasteiger partial charge < -0.3 is 15.6 Å². The molecule has 0 saturated carbocycles. The average Bonchev–Trinajstić information content (AvgIpc) is 3.40. The molecular formula is C42H47N3. The van der Waals surface area contributed by atoms with Crippen molar-refractivity contribution in [2.45, 2.75) is 78.1 Å². The molecule has 0 aliphatic heterocycles. The highest BCUT2D eigenvalue weighted by Gasteiger charge is 2.16. The molecule has 0 fully saturated rings. The molecule has 0 atom stereocenters. The molecule has 0 aliphatic rings. The zero-order valence-corrected chi connectivity index (χ0v) is 27.0. The van der Waals surface area contributed by atoms with Crippen molar-refractivity contribution in [2.24, 2.45) is 0 Å². The van der Waals surface area contributed by atoms with E-state index in [4.69, 9.17) is 5.73 Å². The fourth-order valence-corrected chi connectivity index (χ4v) is 6.58. The lowest BCUT2D eigenvalue weighted by Crippen LogP contribution is -1.99. The molecule has 1 aromatic heterocycles. The van der Waals surface area contributed by atoms with Gasteiger partial charge >= 0.3 is 0 Å². The van der Waals surface area contributed by atoms with E-state index in [0.717, 1.165) is 29.9 Å². The number of nitrogens with two attached hydrogens (primary N) is 1. The molecule has 0 amide bonds. The summed E-state index contributed by atoms with van der Waals surface area (Å²) in [4.78, 5) is 0. The van der Waals surface area contributed by atoms with E-state index >= 15 is 0 Å². The Morgan fingerprint density at radius 2 is 1.18 bits per heavy atom. The minimum absolute atomic E-state index is 0.763. The van der Waals surface area contributed by atoms with E-state index in [2.05, 4.69) is 109 Å². The summed E-state index contributed by atoms with van der Waals surface area (Å²) in [5, 5.41) is 6.37. The number of hydrogen-bond donors (Lipinski definition) is 2. The number of nitrogens with one attached hydrogen (secondary N) is 1. The van der Waals surface area contributed by atoms with Gasteiger partial charge in [0.25, 0.3) is 0 Å². The number of unbranched alkanes of at least 4 members (excludes halogenated alkanes) is 6. The summed E-state index contributed by atoms with van der Waals surface area (Å²) in [6.45, 7) is 4.56. The molecule has 0 unspecified atom stereocenters. The molecule has 0 saturated heterocycles. The first-order valence-corrected chi connectivity index (χ1v) is 17.0. The minimum Gasteiger partial charge on any atom is -0.399 e. The van der Waals surface area contributed by atoms with E-state index < -0.39 is 0 Å². The molecule has 3 nitrogen and oxygen atoms in total. The molecule has 0 aliphatic carbocycles. The summed E-state index contributed by atoms with van der Waals surface area (Å²) in [6.07, 6.45) is 12.6. The smallest absolute Gasteiger partial charge is 0.0541 e. The Morgan fingerprint density at radius 1 is 0.578 bits per heavy atom. The summed E-state index contributed by atoms with van der Waals surface area (Å²) < 4.78 is 2.46. The molecule has 5 aromatic carbocycles. The van der Waals surface area contributed by atoms with Gasteiger partial charge in [-0.2, -0.15) is 0 Å². The van der Waals surface area contributed by atoms with Crippen LogP contribution in [-0.4, -0.2) is 4.57 Å². The van der Waals surface area contributed by atoms with Crippen LogP contribution >= 0.6 is 0 Å². The van der Waals surface area contributed by atoms with Crippen molar-refractivity contribution >= 4 is 38.9 Å². The van der Waals surface area contributed by atoms with Crippen LogP contribution in [-0.2, 0) is 12.8 Å². The second-order valence-electron chi connectivity index (χ2n) is 12.5. The maximum Gasteiger partial charge on any atom is 0.0541 e. The van der Waals surface area contributed by atoms with Crippen LogP contribution in [0.25, 0.3) is 38.6 Å². The summed E-state index contributed by atoms with van der Waals surface area (Å²) in [5.41, 5.74) is 17.8. The molecule has 3 N–H and O–H groups in total. The van der Waals surface area contributed by atoms with E-state index in [9.17, 15) is 0 Å². The Bertz CT molecular complexity index is 1780. The van der Waals surface area contributed by atoms with Gasteiger partial charge in [-0.05, 0) is 109 Å². The Balaban J connectivity index is 1.46. The van der Waals surface area contributed by atoms with Crippen molar-refractivity contribution in [1.29, 1.82) is 0 Å². The average molecular weight is 594 g/mol. The lowest BCUT2D eigenvalue weighted by atomic mass is 10.0. The van der Waals surface area contributed by atoms with E-state index in [0.29, 0.717) is 0 Å². The number of benzene rings is 5. The lowest BCUT2D eigenvalue weighted by molar-refractivity contribution is 0.667. The Labute approximate surface area is 269 Å². The van der Waals surface area contributed by atoms with Gasteiger partial charge in [0, 0.05) is 39.1 Å². The molecule has 0 bridgehead atoms. The third kappa shape index (κ3) is 7.09. The lowest BCUT2D eigenvalue weighted by Gasteiger charge is -2.16. The van der Waals surface area contributed by atoms with E-state index in [1.165, 1.54) is 101 Å². The standard InChI is InChI=1S/C42H47N3/c1-3-5-7-10-14-31-18-26-41-38(28-31)39-29-32(15-11-8-6-4-2)19-27-42(39)45(41)36-24-25-40(44-35-22-20-34(43)21-23-35)37(30-36)33-16-12-9-13-17-33/h9,12-13,16-30,44H,3-8,10-11,14-15,43H2,1-2H3. The highest BCUT2D eigenvalue weighted by atomic mass is 15.0. The minimum atomic E-state index is 0.763. The van der Waals surface area contributed by atoms with Crippen molar-refractivity contribution in [2.75, 3.05) is 11.1 Å². The van der Waals surface area contributed by atoms with Gasteiger partial charge in [0.2, 0.25) is 0 Å². The number of aromatic nitrogens is 1. The maximum atomic E-state index is 5.97. The van der Waals surface area contributed by atoms with Crippen molar-refractivity contribution in [3.05, 3.63) is 120 Å². The number of aryl methyl sites for hydroxylation is 2. The van der Waals surface area contributed by atoms with Crippen LogP contribution in [0.3, 0.4) is 0 Å². The molecule has 0 spiro atoms. The van der Waals surface area contributed by atoms with E-state index in [1.54, 1.807) is 0 Å². The molecule has 230 valence electrons. The van der Waals surface area contributed by atoms with Crippen LogP contribution in [0.4, 0.5) is 17.1 Å². The Morgan fingerprint density at radius 3 is 1.76 bits per heavy atom. The molecular weight excluding hydrogens is 546 g/mol. The van der Waals surface area contributed by atoms with Crippen molar-refractivity contribution in [3.63, 3.8) is 0 Å². The molecule has 6 rings (SSSR count). The third-order valence-electron chi connectivity index (χ3n) is 9.07. The van der Waals surface area contributed by atoms with Crippen LogP contribution in [0.15, 0.2) is 109 Å². The first-order chi connectivity index (χ1) is 22.1. The van der Waals surface area contributed by atoms with E-state index in [-0.39, 0.29) is 0 Å². The number of rotatable bonds is 14. The second kappa shape index (κ2) is 14.5. The SMILES string of the molecule is CCCCCCc1ccc2c(c1)c1cc(CCCCCC)ccc1n2-c1ccc(Nc2ccc(N)cc2)c(-c2ccccc2)c1. The normalized spacial score (nSPS) is 11.4. The zero-order chi connectivity index (χ0) is 31.0. The number of hydrogen-bond acceptors (Lipinski definition) is 2. The highest BCUT2D eigenvalue weighted by Crippen LogP contribution is 2.38. The maximum absolute atomic E-state index is 5.97. The van der Waals surface area contributed by atoms with Crippen LogP contribution in [0.1, 0.15) is 76.3 Å². The van der Waals surface area contributed by atoms with Crippen LogP contribution in [0.2, 0.25) is 0 Å². The van der Waals surface area contributed by atoms with Crippen molar-refractivity contribution in [1.82, 2.24) is 4.57 Å². The largest absolute Gasteiger partial charge is 0.399 e. The molecule has 0 radical (unpaired) electrons. The zero-order valence-electron chi connectivity index (χ0n) is 27.0. The molecule has 45 heavy (non-hydrogen) atoms. The Hall–Kier alpha value is -4.50. The Kier molecular flexibility index (Phi) is 9.85. The topological polar surface area (TPSA) is 43.0 Å². The van der Waals surface area contributed by atoms with Gasteiger partial charge in [-0.3, -0.25) is 0 Å². The van der Waals surface area contributed by atoms with E-state index in [1.807, 2.05) is 24.3 Å². The molecule has 6 aromatic rings.